The highest BCUT2D eigenvalue weighted by molar-refractivity contribution is 7.90. The first-order valence-corrected chi connectivity index (χ1v) is 6.80. The Hall–Kier alpha value is -1.67. The van der Waals surface area contributed by atoms with Crippen LogP contribution in [0.2, 0.25) is 0 Å². The van der Waals surface area contributed by atoms with Gasteiger partial charge in [0.25, 0.3) is 0 Å². The van der Waals surface area contributed by atoms with Crippen LogP contribution >= 0.6 is 0 Å². The molecule has 0 atom stereocenters. The van der Waals surface area contributed by atoms with Crippen LogP contribution in [0.4, 0.5) is 5.69 Å². The third kappa shape index (κ3) is 3.42. The SMILES string of the molecule is COc1cc(OC)c(NS(=O)(=O)N(C)C)c(OC)c1. The molecule has 19 heavy (non-hydrogen) atoms. The van der Waals surface area contributed by atoms with E-state index in [1.807, 2.05) is 0 Å². The van der Waals surface area contributed by atoms with Gasteiger partial charge in [-0.1, -0.05) is 0 Å². The van der Waals surface area contributed by atoms with E-state index in [4.69, 9.17) is 14.2 Å². The maximum Gasteiger partial charge on any atom is 0.301 e. The van der Waals surface area contributed by atoms with E-state index in [0.29, 0.717) is 17.2 Å². The van der Waals surface area contributed by atoms with Crippen LogP contribution in [0.15, 0.2) is 12.1 Å². The Kier molecular flexibility index (Phi) is 4.84. The molecule has 0 amide bonds. The number of hydrogen-bond donors (Lipinski definition) is 1. The van der Waals surface area contributed by atoms with Gasteiger partial charge in [0.15, 0.2) is 11.5 Å². The molecule has 1 aromatic carbocycles. The average molecular weight is 290 g/mol. The van der Waals surface area contributed by atoms with Crippen LogP contribution in [-0.2, 0) is 10.2 Å². The smallest absolute Gasteiger partial charge is 0.301 e. The van der Waals surface area contributed by atoms with E-state index in [2.05, 4.69) is 4.72 Å². The predicted octanol–water partition coefficient (Wildman–Crippen LogP) is 0.931. The molecule has 0 heterocycles. The monoisotopic (exact) mass is 290 g/mol. The third-order valence-electron chi connectivity index (χ3n) is 2.43. The number of hydrogen-bond acceptors (Lipinski definition) is 5. The number of methoxy groups -OCH3 is 3. The van der Waals surface area contributed by atoms with Crippen molar-refractivity contribution in [2.75, 3.05) is 40.1 Å². The van der Waals surface area contributed by atoms with Crippen LogP contribution in [-0.4, -0.2) is 48.1 Å². The Morgan fingerprint density at radius 3 is 1.79 bits per heavy atom. The van der Waals surface area contributed by atoms with E-state index in [-0.39, 0.29) is 5.69 Å². The van der Waals surface area contributed by atoms with Crippen molar-refractivity contribution in [2.45, 2.75) is 0 Å². The van der Waals surface area contributed by atoms with Crippen molar-refractivity contribution in [3.63, 3.8) is 0 Å². The van der Waals surface area contributed by atoms with Gasteiger partial charge in [-0.15, -0.1) is 0 Å². The number of benzene rings is 1. The lowest BCUT2D eigenvalue weighted by Gasteiger charge is -2.18. The number of nitrogens with zero attached hydrogens (tertiary/aromatic N) is 1. The highest BCUT2D eigenvalue weighted by atomic mass is 32.2. The van der Waals surface area contributed by atoms with Gasteiger partial charge in [0.05, 0.1) is 21.3 Å². The van der Waals surface area contributed by atoms with Crippen molar-refractivity contribution in [3.05, 3.63) is 12.1 Å². The minimum Gasteiger partial charge on any atom is -0.496 e. The largest absolute Gasteiger partial charge is 0.496 e. The fourth-order valence-electron chi connectivity index (χ4n) is 1.33. The summed E-state index contributed by atoms with van der Waals surface area (Å²) in [6.45, 7) is 0. The Labute approximate surface area is 113 Å². The molecule has 0 aromatic heterocycles. The van der Waals surface area contributed by atoms with E-state index < -0.39 is 10.2 Å². The minimum absolute atomic E-state index is 0.222. The second-order valence-corrected chi connectivity index (χ2v) is 5.68. The third-order valence-corrected chi connectivity index (χ3v) is 3.85. The summed E-state index contributed by atoms with van der Waals surface area (Å²) in [6, 6.07) is 3.13. The first-order chi connectivity index (χ1) is 8.85. The fourth-order valence-corrected chi connectivity index (χ4v) is 1.97. The highest BCUT2D eigenvalue weighted by Crippen LogP contribution is 2.39. The molecule has 1 N–H and O–H groups in total. The Morgan fingerprint density at radius 1 is 1.00 bits per heavy atom. The summed E-state index contributed by atoms with van der Waals surface area (Å²) in [5.74, 6) is 1.12. The Morgan fingerprint density at radius 2 is 1.47 bits per heavy atom. The van der Waals surface area contributed by atoms with Gasteiger partial charge in [0.2, 0.25) is 0 Å². The lowest BCUT2D eigenvalue weighted by Crippen LogP contribution is -2.29. The minimum atomic E-state index is -3.65. The van der Waals surface area contributed by atoms with E-state index in [1.165, 1.54) is 35.4 Å². The molecular formula is C11H18N2O5S. The normalized spacial score (nSPS) is 11.3. The van der Waals surface area contributed by atoms with Gasteiger partial charge in [-0.3, -0.25) is 4.72 Å². The fraction of sp³-hybridized carbons (Fsp3) is 0.455. The molecule has 1 rings (SSSR count). The zero-order chi connectivity index (χ0) is 14.6. The lowest BCUT2D eigenvalue weighted by atomic mass is 10.2. The van der Waals surface area contributed by atoms with Crippen LogP contribution in [0.1, 0.15) is 0 Å². The summed E-state index contributed by atoms with van der Waals surface area (Å²) in [5, 5.41) is 0. The maximum absolute atomic E-state index is 11.9. The van der Waals surface area contributed by atoms with Crippen LogP contribution in [0, 0.1) is 0 Å². The lowest BCUT2D eigenvalue weighted by molar-refractivity contribution is 0.378. The van der Waals surface area contributed by atoms with E-state index in [9.17, 15) is 8.42 Å². The first kappa shape index (κ1) is 15.4. The van der Waals surface area contributed by atoms with Gasteiger partial charge in [0, 0.05) is 26.2 Å². The molecule has 7 nitrogen and oxygen atoms in total. The van der Waals surface area contributed by atoms with Crippen LogP contribution < -0.4 is 18.9 Å². The molecule has 0 aliphatic carbocycles. The van der Waals surface area contributed by atoms with Gasteiger partial charge < -0.3 is 14.2 Å². The van der Waals surface area contributed by atoms with Crippen molar-refractivity contribution in [2.24, 2.45) is 0 Å². The van der Waals surface area contributed by atoms with Gasteiger partial charge in [-0.05, 0) is 0 Å². The molecule has 0 fully saturated rings. The van der Waals surface area contributed by atoms with E-state index >= 15 is 0 Å². The summed E-state index contributed by atoms with van der Waals surface area (Å²) in [6.07, 6.45) is 0. The van der Waals surface area contributed by atoms with Crippen LogP contribution in [0.5, 0.6) is 17.2 Å². The zero-order valence-electron chi connectivity index (χ0n) is 11.6. The molecule has 0 spiro atoms. The number of anilines is 1. The Balaban J connectivity index is 3.33. The Bertz CT molecular complexity index is 517. The van der Waals surface area contributed by atoms with E-state index in [0.717, 1.165) is 4.31 Å². The average Bonchev–Trinajstić information content (AvgIpc) is 2.38. The number of rotatable bonds is 6. The molecule has 8 heteroatoms. The van der Waals surface area contributed by atoms with Gasteiger partial charge in [0.1, 0.15) is 11.4 Å². The molecule has 0 saturated carbocycles. The topological polar surface area (TPSA) is 77.1 Å². The van der Waals surface area contributed by atoms with Gasteiger partial charge in [-0.2, -0.15) is 12.7 Å². The quantitative estimate of drug-likeness (QED) is 0.843. The summed E-state index contributed by atoms with van der Waals surface area (Å²) >= 11 is 0. The second kappa shape index (κ2) is 5.98. The molecule has 1 aromatic rings. The second-order valence-electron chi connectivity index (χ2n) is 3.80. The molecule has 0 aliphatic rings. The summed E-state index contributed by atoms with van der Waals surface area (Å²) < 4.78 is 42.6. The summed E-state index contributed by atoms with van der Waals surface area (Å²) in [5.41, 5.74) is 0.222. The summed E-state index contributed by atoms with van der Waals surface area (Å²) in [7, 11) is 3.55. The molecule has 0 bridgehead atoms. The zero-order valence-corrected chi connectivity index (χ0v) is 12.4. The van der Waals surface area contributed by atoms with Crippen LogP contribution in [0.25, 0.3) is 0 Å². The predicted molar refractivity (Wildman–Crippen MR) is 72.3 cm³/mol. The standard InChI is InChI=1S/C11H18N2O5S/c1-13(2)19(14,15)12-11-9(17-4)6-8(16-3)7-10(11)18-5/h6-7,12H,1-5H3. The maximum atomic E-state index is 11.9. The van der Waals surface area contributed by atoms with Crippen molar-refractivity contribution in [1.82, 2.24) is 4.31 Å². The molecule has 0 unspecified atom stereocenters. The van der Waals surface area contributed by atoms with Crippen molar-refractivity contribution in [1.29, 1.82) is 0 Å². The van der Waals surface area contributed by atoms with Crippen molar-refractivity contribution in [3.8, 4) is 17.2 Å². The van der Waals surface area contributed by atoms with Crippen LogP contribution in [0.3, 0.4) is 0 Å². The molecular weight excluding hydrogens is 272 g/mol. The number of ether oxygens (including phenoxy) is 3. The molecule has 108 valence electrons. The van der Waals surface area contributed by atoms with Crippen molar-refractivity contribution >= 4 is 15.9 Å². The number of nitrogens with one attached hydrogen (secondary N) is 1. The molecule has 0 aliphatic heterocycles. The van der Waals surface area contributed by atoms with Crippen molar-refractivity contribution < 1.29 is 22.6 Å². The first-order valence-electron chi connectivity index (χ1n) is 5.36. The molecule has 0 radical (unpaired) electrons. The highest BCUT2D eigenvalue weighted by Gasteiger charge is 2.20. The van der Waals surface area contributed by atoms with E-state index in [1.54, 1.807) is 12.1 Å². The summed E-state index contributed by atoms with van der Waals surface area (Å²) in [4.78, 5) is 0. The van der Waals surface area contributed by atoms with Gasteiger partial charge >= 0.3 is 10.2 Å². The van der Waals surface area contributed by atoms with Gasteiger partial charge in [-0.25, -0.2) is 0 Å². The molecule has 0 saturated heterocycles.